The molecule has 1 fully saturated rings. The predicted molar refractivity (Wildman–Crippen MR) is 118 cm³/mol. The number of fused-ring (bicyclic) bond motifs is 1. The van der Waals surface area contributed by atoms with Crippen molar-refractivity contribution in [2.45, 2.75) is 0 Å². The summed E-state index contributed by atoms with van der Waals surface area (Å²) >= 11 is 0. The van der Waals surface area contributed by atoms with Gasteiger partial charge in [0.05, 0.1) is 11.2 Å². The van der Waals surface area contributed by atoms with Crippen LogP contribution in [0.3, 0.4) is 0 Å². The number of benzene rings is 2. The van der Waals surface area contributed by atoms with Crippen LogP contribution in [0.2, 0.25) is 0 Å². The van der Waals surface area contributed by atoms with Crippen molar-refractivity contribution in [2.75, 3.05) is 33.2 Å². The number of hydrogen-bond donors (Lipinski definition) is 1. The number of nitrogens with zero attached hydrogens (tertiary/aromatic N) is 4. The number of halogens is 1. The summed E-state index contributed by atoms with van der Waals surface area (Å²) in [7, 11) is 2.07. The van der Waals surface area contributed by atoms with Crippen LogP contribution < -0.4 is 0 Å². The van der Waals surface area contributed by atoms with E-state index in [-0.39, 0.29) is 11.7 Å². The SMILES string of the molecule is CN1CCN(C(=O)c2ccc(-c3n[nH]c4ccc(-c5ccccc5F)nc34)cc2)CC1. The molecular formula is C24H22FN5O. The van der Waals surface area contributed by atoms with E-state index in [1.807, 2.05) is 35.2 Å². The Labute approximate surface area is 179 Å². The Bertz CT molecular complexity index is 1240. The number of piperazine rings is 1. The first-order valence-electron chi connectivity index (χ1n) is 10.3. The summed E-state index contributed by atoms with van der Waals surface area (Å²) in [5.41, 5.74) is 4.62. The average molecular weight is 415 g/mol. The van der Waals surface area contributed by atoms with Crippen LogP contribution in [0.5, 0.6) is 0 Å². The van der Waals surface area contributed by atoms with Crippen molar-refractivity contribution in [1.29, 1.82) is 0 Å². The minimum atomic E-state index is -0.314. The Morgan fingerprint density at radius 1 is 0.968 bits per heavy atom. The minimum absolute atomic E-state index is 0.0477. The first kappa shape index (κ1) is 19.4. The summed E-state index contributed by atoms with van der Waals surface area (Å²) in [4.78, 5) is 21.6. The highest BCUT2D eigenvalue weighted by molar-refractivity contribution is 5.96. The third kappa shape index (κ3) is 3.68. The van der Waals surface area contributed by atoms with E-state index in [1.54, 1.807) is 24.3 Å². The van der Waals surface area contributed by atoms with E-state index in [9.17, 15) is 9.18 Å². The normalized spacial score (nSPS) is 14.8. The molecule has 3 heterocycles. The van der Waals surface area contributed by atoms with Crippen molar-refractivity contribution in [2.24, 2.45) is 0 Å². The molecule has 1 amide bonds. The third-order valence-corrected chi connectivity index (χ3v) is 5.75. The highest BCUT2D eigenvalue weighted by atomic mass is 19.1. The molecule has 31 heavy (non-hydrogen) atoms. The zero-order valence-electron chi connectivity index (χ0n) is 17.2. The quantitative estimate of drug-likeness (QED) is 0.553. The summed E-state index contributed by atoms with van der Waals surface area (Å²) in [6, 6.07) is 17.6. The Balaban J connectivity index is 1.45. The molecule has 0 bridgehead atoms. The number of aromatic nitrogens is 3. The summed E-state index contributed by atoms with van der Waals surface area (Å²) in [6.07, 6.45) is 0. The zero-order chi connectivity index (χ0) is 21.4. The van der Waals surface area contributed by atoms with Gasteiger partial charge in [-0.05, 0) is 43.4 Å². The number of hydrogen-bond acceptors (Lipinski definition) is 4. The third-order valence-electron chi connectivity index (χ3n) is 5.75. The van der Waals surface area contributed by atoms with E-state index in [4.69, 9.17) is 0 Å². The lowest BCUT2D eigenvalue weighted by Crippen LogP contribution is -2.47. The number of pyridine rings is 1. The second kappa shape index (κ2) is 7.92. The monoisotopic (exact) mass is 415 g/mol. The largest absolute Gasteiger partial charge is 0.336 e. The fourth-order valence-corrected chi connectivity index (χ4v) is 3.88. The lowest BCUT2D eigenvalue weighted by Gasteiger charge is -2.32. The number of H-pyrrole nitrogens is 1. The van der Waals surface area contributed by atoms with Crippen LogP contribution in [0.4, 0.5) is 4.39 Å². The molecule has 0 radical (unpaired) electrons. The molecule has 1 saturated heterocycles. The summed E-state index contributed by atoms with van der Waals surface area (Å²) in [5.74, 6) is -0.266. The van der Waals surface area contributed by atoms with Crippen LogP contribution in [-0.2, 0) is 0 Å². The van der Waals surface area contributed by atoms with Gasteiger partial charge in [0.25, 0.3) is 5.91 Å². The van der Waals surface area contributed by atoms with Crippen molar-refractivity contribution < 1.29 is 9.18 Å². The van der Waals surface area contributed by atoms with Crippen molar-refractivity contribution in [3.05, 3.63) is 72.0 Å². The number of carbonyl (C=O) groups is 1. The molecule has 1 aliphatic heterocycles. The number of likely N-dealkylation sites (N-methyl/N-ethyl adjacent to an activating group) is 1. The molecule has 1 aliphatic rings. The van der Waals surface area contributed by atoms with Gasteiger partial charge in [-0.15, -0.1) is 0 Å². The molecule has 156 valence electrons. The molecule has 6 nitrogen and oxygen atoms in total. The zero-order valence-corrected chi connectivity index (χ0v) is 17.2. The lowest BCUT2D eigenvalue weighted by atomic mass is 10.1. The molecule has 0 aliphatic carbocycles. The van der Waals surface area contributed by atoms with Gasteiger partial charge >= 0.3 is 0 Å². The van der Waals surface area contributed by atoms with Gasteiger partial charge in [-0.2, -0.15) is 5.10 Å². The maximum Gasteiger partial charge on any atom is 0.253 e. The number of nitrogens with one attached hydrogen (secondary N) is 1. The maximum absolute atomic E-state index is 14.2. The first-order valence-corrected chi connectivity index (χ1v) is 10.3. The highest BCUT2D eigenvalue weighted by Gasteiger charge is 2.20. The summed E-state index contributed by atoms with van der Waals surface area (Å²) < 4.78 is 14.2. The van der Waals surface area contributed by atoms with E-state index in [2.05, 4.69) is 27.1 Å². The molecule has 2 aromatic carbocycles. The average Bonchev–Trinajstić information content (AvgIpc) is 3.23. The smallest absolute Gasteiger partial charge is 0.253 e. The molecule has 0 saturated carbocycles. The van der Waals surface area contributed by atoms with Crippen molar-refractivity contribution >= 4 is 16.9 Å². The Kier molecular flexibility index (Phi) is 4.95. The fourth-order valence-electron chi connectivity index (χ4n) is 3.88. The molecule has 0 unspecified atom stereocenters. The van der Waals surface area contributed by atoms with E-state index in [0.29, 0.717) is 28.0 Å². The van der Waals surface area contributed by atoms with Gasteiger partial charge in [-0.25, -0.2) is 9.37 Å². The molecular weight excluding hydrogens is 393 g/mol. The Hall–Kier alpha value is -3.58. The van der Waals surface area contributed by atoms with Crippen LogP contribution in [0.1, 0.15) is 10.4 Å². The summed E-state index contributed by atoms with van der Waals surface area (Å²) in [5, 5.41) is 7.40. The van der Waals surface area contributed by atoms with Crippen LogP contribution in [0, 0.1) is 5.82 Å². The topological polar surface area (TPSA) is 65.1 Å². The number of carbonyl (C=O) groups excluding carboxylic acids is 1. The number of amides is 1. The molecule has 0 spiro atoms. The molecule has 0 atom stereocenters. The molecule has 7 heteroatoms. The molecule has 2 aromatic heterocycles. The fraction of sp³-hybridized carbons (Fsp3) is 0.208. The predicted octanol–water partition coefficient (Wildman–Crippen LogP) is 3.82. The second-order valence-electron chi connectivity index (χ2n) is 7.82. The van der Waals surface area contributed by atoms with Gasteiger partial charge in [0.2, 0.25) is 0 Å². The number of rotatable bonds is 3. The van der Waals surface area contributed by atoms with Gasteiger partial charge in [-0.1, -0.05) is 24.3 Å². The second-order valence-corrected chi connectivity index (χ2v) is 7.82. The van der Waals surface area contributed by atoms with Crippen molar-refractivity contribution in [3.8, 4) is 22.5 Å². The van der Waals surface area contributed by atoms with Crippen molar-refractivity contribution in [1.82, 2.24) is 25.0 Å². The van der Waals surface area contributed by atoms with Crippen LogP contribution in [-0.4, -0.2) is 64.1 Å². The van der Waals surface area contributed by atoms with Crippen LogP contribution >= 0.6 is 0 Å². The Morgan fingerprint density at radius 3 is 2.45 bits per heavy atom. The molecule has 1 N–H and O–H groups in total. The maximum atomic E-state index is 14.2. The van der Waals surface area contributed by atoms with Gasteiger partial charge in [0.15, 0.2) is 0 Å². The standard InChI is InChI=1S/C24H22FN5O/c1-29-12-14-30(15-13-29)24(31)17-8-6-16(7-9-17)22-23-21(27-28-22)11-10-20(26-23)18-4-2-3-5-19(18)25/h2-11H,12-15H2,1H3,(H,27,28). The summed E-state index contributed by atoms with van der Waals surface area (Å²) in [6.45, 7) is 3.26. The van der Waals surface area contributed by atoms with Gasteiger partial charge in [0.1, 0.15) is 17.0 Å². The molecule has 5 rings (SSSR count). The first-order chi connectivity index (χ1) is 15.1. The Morgan fingerprint density at radius 2 is 1.71 bits per heavy atom. The highest BCUT2D eigenvalue weighted by Crippen LogP contribution is 2.29. The van der Waals surface area contributed by atoms with Crippen molar-refractivity contribution in [3.63, 3.8) is 0 Å². The minimum Gasteiger partial charge on any atom is -0.336 e. The van der Waals surface area contributed by atoms with Crippen LogP contribution in [0.25, 0.3) is 33.5 Å². The van der Waals surface area contributed by atoms with Crippen LogP contribution in [0.15, 0.2) is 60.7 Å². The number of aromatic amines is 1. The molecule has 4 aromatic rings. The lowest BCUT2D eigenvalue weighted by molar-refractivity contribution is 0.0664. The van der Waals surface area contributed by atoms with E-state index < -0.39 is 0 Å². The van der Waals surface area contributed by atoms with E-state index in [0.717, 1.165) is 37.3 Å². The van der Waals surface area contributed by atoms with Gasteiger partial charge < -0.3 is 9.80 Å². The van der Waals surface area contributed by atoms with E-state index in [1.165, 1.54) is 6.07 Å². The van der Waals surface area contributed by atoms with Gasteiger partial charge in [0, 0.05) is 42.9 Å². The van der Waals surface area contributed by atoms with E-state index >= 15 is 0 Å². The van der Waals surface area contributed by atoms with Gasteiger partial charge in [-0.3, -0.25) is 9.89 Å².